The van der Waals surface area contributed by atoms with Crippen LogP contribution in [0.4, 0.5) is 0 Å². The van der Waals surface area contributed by atoms with Crippen LogP contribution in [0.15, 0.2) is 30.3 Å². The van der Waals surface area contributed by atoms with Crippen molar-refractivity contribution in [2.45, 2.75) is 103 Å². The fourth-order valence-electron chi connectivity index (χ4n) is 4.23. The lowest BCUT2D eigenvalue weighted by molar-refractivity contribution is 0.231. The Balaban J connectivity index is 2.53. The van der Waals surface area contributed by atoms with Gasteiger partial charge in [-0.05, 0) is 88.9 Å². The number of rotatable bonds is 14. The Bertz CT molecular complexity index is 611. The molecule has 0 saturated carbocycles. The summed E-state index contributed by atoms with van der Waals surface area (Å²) in [6, 6.07) is 13.1. The highest BCUT2D eigenvalue weighted by Crippen LogP contribution is 2.30. The van der Waals surface area contributed by atoms with Gasteiger partial charge in [-0.3, -0.25) is 0 Å². The maximum Gasteiger partial charge on any atom is 0.325 e. The molecule has 0 aliphatic rings. The standard InChI is InChI=1S/C23H48O3Si4/c1-22(23-17-13-11-14-18-23)21-30(10,26-28(5,6)7)24-19-15-12-16-20-29(8,9)25-27(2,3)4/h11,13-14,17-18,22H,12,15-16,19-21H2,1-10H3. The molecule has 0 bridgehead atoms. The molecule has 2 atom stereocenters. The van der Waals surface area contributed by atoms with Crippen LogP contribution >= 0.6 is 0 Å². The lowest BCUT2D eigenvalue weighted by atomic mass is 10.0. The van der Waals surface area contributed by atoms with Crippen molar-refractivity contribution in [2.24, 2.45) is 0 Å². The van der Waals surface area contributed by atoms with E-state index in [1.165, 1.54) is 24.4 Å². The molecule has 174 valence electrons. The maximum atomic E-state index is 6.68. The van der Waals surface area contributed by atoms with Gasteiger partial charge < -0.3 is 12.7 Å². The van der Waals surface area contributed by atoms with Gasteiger partial charge in [0.2, 0.25) is 0 Å². The van der Waals surface area contributed by atoms with E-state index in [1.807, 2.05) is 0 Å². The van der Waals surface area contributed by atoms with E-state index in [0.717, 1.165) is 19.1 Å². The molecule has 0 heterocycles. The lowest BCUT2D eigenvalue weighted by Crippen LogP contribution is -2.48. The van der Waals surface area contributed by atoms with Crippen molar-refractivity contribution in [1.29, 1.82) is 0 Å². The van der Waals surface area contributed by atoms with Crippen molar-refractivity contribution >= 4 is 33.5 Å². The summed E-state index contributed by atoms with van der Waals surface area (Å²) < 4.78 is 19.7. The molecule has 0 aromatic heterocycles. The van der Waals surface area contributed by atoms with Crippen molar-refractivity contribution in [1.82, 2.24) is 0 Å². The quantitative estimate of drug-likeness (QED) is 0.198. The average molecular weight is 485 g/mol. The first-order chi connectivity index (χ1) is 13.6. The Morgan fingerprint density at radius 2 is 1.30 bits per heavy atom. The minimum atomic E-state index is -2.21. The molecule has 3 nitrogen and oxygen atoms in total. The monoisotopic (exact) mass is 484 g/mol. The Labute approximate surface area is 191 Å². The Morgan fingerprint density at radius 3 is 1.83 bits per heavy atom. The van der Waals surface area contributed by atoms with Gasteiger partial charge >= 0.3 is 8.56 Å². The fraction of sp³-hybridized carbons (Fsp3) is 0.739. The van der Waals surface area contributed by atoms with Crippen molar-refractivity contribution in [2.75, 3.05) is 6.61 Å². The number of benzene rings is 1. The third-order valence-electron chi connectivity index (χ3n) is 4.98. The molecule has 0 fully saturated rings. The molecule has 7 heteroatoms. The lowest BCUT2D eigenvalue weighted by Gasteiger charge is -2.35. The topological polar surface area (TPSA) is 27.7 Å². The summed E-state index contributed by atoms with van der Waals surface area (Å²) in [5.74, 6) is 0.463. The van der Waals surface area contributed by atoms with Gasteiger partial charge in [-0.1, -0.05) is 50.1 Å². The predicted molar refractivity (Wildman–Crippen MR) is 142 cm³/mol. The Morgan fingerprint density at radius 1 is 0.733 bits per heavy atom. The van der Waals surface area contributed by atoms with Gasteiger partial charge in [-0.15, -0.1) is 0 Å². The molecule has 0 radical (unpaired) electrons. The zero-order valence-electron chi connectivity index (χ0n) is 21.4. The summed E-state index contributed by atoms with van der Waals surface area (Å²) in [6.07, 6.45) is 3.59. The van der Waals surface area contributed by atoms with Crippen LogP contribution in [0.1, 0.15) is 37.7 Å². The summed E-state index contributed by atoms with van der Waals surface area (Å²) in [7, 11) is -6.81. The van der Waals surface area contributed by atoms with Gasteiger partial charge in [0.15, 0.2) is 25.0 Å². The Kier molecular flexibility index (Phi) is 10.9. The zero-order chi connectivity index (χ0) is 23.1. The number of unbranched alkanes of at least 4 members (excludes halogenated alkanes) is 2. The van der Waals surface area contributed by atoms with E-state index in [-0.39, 0.29) is 0 Å². The Hall–Kier alpha value is -0.0325. The molecule has 1 aromatic rings. The minimum absolute atomic E-state index is 0.463. The molecule has 1 rings (SSSR count). The molecule has 0 saturated heterocycles. The second kappa shape index (κ2) is 11.7. The summed E-state index contributed by atoms with van der Waals surface area (Å²) in [6.45, 7) is 23.9. The van der Waals surface area contributed by atoms with E-state index in [9.17, 15) is 0 Å². The molecule has 0 N–H and O–H groups in total. The molecule has 30 heavy (non-hydrogen) atoms. The van der Waals surface area contributed by atoms with E-state index in [0.29, 0.717) is 5.92 Å². The molecule has 0 aliphatic heterocycles. The van der Waals surface area contributed by atoms with Gasteiger partial charge in [0.1, 0.15) is 0 Å². The minimum Gasteiger partial charge on any atom is -0.456 e. The first-order valence-corrected chi connectivity index (χ1v) is 24.2. The van der Waals surface area contributed by atoms with E-state index >= 15 is 0 Å². The first kappa shape index (κ1) is 28.0. The maximum absolute atomic E-state index is 6.68. The second-order valence-electron chi connectivity index (χ2n) is 11.5. The van der Waals surface area contributed by atoms with Crippen molar-refractivity contribution < 1.29 is 12.7 Å². The second-order valence-corrected chi connectivity index (χ2v) is 28.6. The average Bonchev–Trinajstić information content (AvgIpc) is 2.54. The van der Waals surface area contributed by atoms with Crippen LogP contribution in [0.3, 0.4) is 0 Å². The number of hydrogen-bond donors (Lipinski definition) is 0. The third kappa shape index (κ3) is 12.7. The highest BCUT2D eigenvalue weighted by Gasteiger charge is 2.38. The largest absolute Gasteiger partial charge is 0.456 e. The molecule has 0 aliphatic carbocycles. The molecule has 1 aromatic carbocycles. The smallest absolute Gasteiger partial charge is 0.325 e. The van der Waals surface area contributed by atoms with Crippen LogP contribution < -0.4 is 0 Å². The molecule has 2 unspecified atom stereocenters. The first-order valence-electron chi connectivity index (χ1n) is 11.7. The van der Waals surface area contributed by atoms with Crippen LogP contribution in [-0.4, -0.2) is 40.1 Å². The van der Waals surface area contributed by atoms with Crippen LogP contribution in [0.5, 0.6) is 0 Å². The van der Waals surface area contributed by atoms with Gasteiger partial charge in [0.05, 0.1) is 0 Å². The highest BCUT2D eigenvalue weighted by molar-refractivity contribution is 6.84. The zero-order valence-corrected chi connectivity index (χ0v) is 25.4. The summed E-state index contributed by atoms with van der Waals surface area (Å²) in [5, 5.41) is 0. The number of hydrogen-bond acceptors (Lipinski definition) is 3. The predicted octanol–water partition coefficient (Wildman–Crippen LogP) is 7.96. The van der Waals surface area contributed by atoms with Crippen LogP contribution in [0.25, 0.3) is 0 Å². The molecular weight excluding hydrogens is 437 g/mol. The van der Waals surface area contributed by atoms with Gasteiger partial charge in [-0.2, -0.15) is 0 Å². The van der Waals surface area contributed by atoms with E-state index in [1.54, 1.807) is 0 Å². The van der Waals surface area contributed by atoms with Crippen molar-refractivity contribution in [3.05, 3.63) is 35.9 Å². The fourth-order valence-corrected chi connectivity index (χ4v) is 20.2. The van der Waals surface area contributed by atoms with Crippen LogP contribution in [0.2, 0.25) is 71.0 Å². The highest BCUT2D eigenvalue weighted by atomic mass is 28.4. The van der Waals surface area contributed by atoms with Crippen LogP contribution in [-0.2, 0) is 12.7 Å². The van der Waals surface area contributed by atoms with Crippen molar-refractivity contribution in [3.8, 4) is 0 Å². The van der Waals surface area contributed by atoms with Gasteiger partial charge in [0, 0.05) is 6.61 Å². The summed E-state index contributed by atoms with van der Waals surface area (Å²) >= 11 is 0. The molecule has 0 amide bonds. The van der Waals surface area contributed by atoms with Gasteiger partial charge in [0.25, 0.3) is 0 Å². The van der Waals surface area contributed by atoms with E-state index in [2.05, 4.69) is 96.2 Å². The SMILES string of the molecule is CC(C[Si](C)(OCCCCC[Si](C)(C)O[Si](C)(C)C)O[Si](C)(C)C)c1ccccc1. The molecule has 0 spiro atoms. The van der Waals surface area contributed by atoms with Crippen molar-refractivity contribution in [3.63, 3.8) is 0 Å². The summed E-state index contributed by atoms with van der Waals surface area (Å²) in [4.78, 5) is 0. The van der Waals surface area contributed by atoms with Crippen LogP contribution in [0, 0.1) is 0 Å². The van der Waals surface area contributed by atoms with E-state index < -0.39 is 33.5 Å². The van der Waals surface area contributed by atoms with Gasteiger partial charge in [-0.25, -0.2) is 0 Å². The summed E-state index contributed by atoms with van der Waals surface area (Å²) in [5.41, 5.74) is 1.38. The van der Waals surface area contributed by atoms with E-state index in [4.69, 9.17) is 12.7 Å². The third-order valence-corrected chi connectivity index (χ3v) is 17.5. The molecular formula is C23H48O3Si4. The normalized spacial score (nSPS) is 16.3.